The molecule has 0 unspecified atom stereocenters. The first-order chi connectivity index (χ1) is 15.3. The molecule has 2 aromatic carbocycles. The largest absolute Gasteiger partial charge is 0.417 e. The van der Waals surface area contributed by atoms with Gasteiger partial charge in [-0.2, -0.15) is 18.4 Å². The topological polar surface area (TPSA) is 76.4 Å². The Morgan fingerprint density at radius 1 is 1.15 bits per heavy atom. The summed E-state index contributed by atoms with van der Waals surface area (Å²) in [5, 5.41) is 11.2. The summed E-state index contributed by atoms with van der Waals surface area (Å²) in [5.41, 5.74) is -3.14. The summed E-state index contributed by atoms with van der Waals surface area (Å²) < 4.78 is 54.8. The maximum absolute atomic E-state index is 14.6. The Hall–Kier alpha value is -3.52. The molecule has 0 atom stereocenters. The fourth-order valence-corrected chi connectivity index (χ4v) is 3.48. The zero-order chi connectivity index (χ0) is 25.1. The van der Waals surface area contributed by atoms with Gasteiger partial charge in [0.2, 0.25) is 0 Å². The van der Waals surface area contributed by atoms with Gasteiger partial charge in [-0.05, 0) is 62.5 Å². The summed E-state index contributed by atoms with van der Waals surface area (Å²) in [5.74, 6) is -1.53. The molecule has 0 aliphatic rings. The number of nitrogens with one attached hydrogen (secondary N) is 1. The first-order valence-electron chi connectivity index (χ1n) is 9.45. The zero-order valence-corrected chi connectivity index (χ0v) is 18.9. The van der Waals surface area contributed by atoms with Crippen LogP contribution in [0.1, 0.15) is 35.3 Å². The van der Waals surface area contributed by atoms with Gasteiger partial charge >= 0.3 is 6.18 Å². The molecule has 0 aromatic heterocycles. The van der Waals surface area contributed by atoms with E-state index >= 15 is 0 Å². The van der Waals surface area contributed by atoms with Gasteiger partial charge in [0.05, 0.1) is 28.3 Å². The van der Waals surface area contributed by atoms with E-state index < -0.39 is 34.6 Å². The number of nitriles is 1. The highest BCUT2D eigenvalue weighted by Gasteiger charge is 2.36. The maximum Gasteiger partial charge on any atom is 0.417 e. The molecule has 0 saturated carbocycles. The highest BCUT2D eigenvalue weighted by Crippen LogP contribution is 2.35. The first kappa shape index (κ1) is 25.7. The van der Waals surface area contributed by atoms with E-state index in [-0.39, 0.29) is 22.1 Å². The number of hydrogen-bond acceptors (Lipinski definition) is 4. The second-order valence-corrected chi connectivity index (χ2v) is 7.90. The molecular weight excluding hydrogens is 460 g/mol. The van der Waals surface area contributed by atoms with Gasteiger partial charge in [-0.3, -0.25) is 4.79 Å². The van der Waals surface area contributed by atoms with E-state index in [1.807, 2.05) is 0 Å². The highest BCUT2D eigenvalue weighted by atomic mass is 32.1. The van der Waals surface area contributed by atoms with Crippen molar-refractivity contribution in [2.24, 2.45) is 0 Å². The summed E-state index contributed by atoms with van der Waals surface area (Å²) in [4.78, 5) is 26.1. The maximum atomic E-state index is 14.6. The van der Waals surface area contributed by atoms with Crippen molar-refractivity contribution < 1.29 is 27.2 Å². The lowest BCUT2D eigenvalue weighted by molar-refractivity contribution is -0.137. The molecule has 1 N–H and O–H groups in total. The van der Waals surface area contributed by atoms with Crippen LogP contribution in [0.2, 0.25) is 0 Å². The quantitative estimate of drug-likeness (QED) is 0.391. The van der Waals surface area contributed by atoms with Crippen molar-refractivity contribution in [2.75, 3.05) is 23.9 Å². The van der Waals surface area contributed by atoms with Gasteiger partial charge in [-0.1, -0.05) is 0 Å². The Balaban J connectivity index is 2.58. The summed E-state index contributed by atoms with van der Waals surface area (Å²) >= 11 is 5.47. The molecule has 33 heavy (non-hydrogen) atoms. The van der Waals surface area contributed by atoms with Crippen LogP contribution in [0.25, 0.3) is 0 Å². The van der Waals surface area contributed by atoms with Gasteiger partial charge in [0.1, 0.15) is 12.1 Å². The van der Waals surface area contributed by atoms with E-state index in [0.29, 0.717) is 6.29 Å². The number of halogens is 4. The van der Waals surface area contributed by atoms with Gasteiger partial charge in [-0.25, -0.2) is 4.39 Å². The van der Waals surface area contributed by atoms with Gasteiger partial charge in [0, 0.05) is 25.5 Å². The van der Waals surface area contributed by atoms with Crippen LogP contribution in [0.3, 0.4) is 0 Å². The van der Waals surface area contributed by atoms with Crippen molar-refractivity contribution in [3.05, 3.63) is 58.9 Å². The van der Waals surface area contributed by atoms with Crippen LogP contribution in [-0.4, -0.2) is 36.9 Å². The van der Waals surface area contributed by atoms with Crippen molar-refractivity contribution in [3.8, 4) is 6.07 Å². The van der Waals surface area contributed by atoms with Gasteiger partial charge in [-0.15, -0.1) is 0 Å². The van der Waals surface area contributed by atoms with E-state index in [0.717, 1.165) is 18.2 Å². The van der Waals surface area contributed by atoms with Gasteiger partial charge in [0.15, 0.2) is 5.11 Å². The minimum absolute atomic E-state index is 0.000442. The van der Waals surface area contributed by atoms with Gasteiger partial charge in [0.25, 0.3) is 5.91 Å². The number of nitrogens with zero attached hydrogens (tertiary/aromatic N) is 3. The van der Waals surface area contributed by atoms with Crippen molar-refractivity contribution >= 4 is 40.9 Å². The number of anilines is 2. The predicted octanol–water partition coefficient (Wildman–Crippen LogP) is 4.28. The van der Waals surface area contributed by atoms with E-state index in [9.17, 15) is 27.2 Å². The lowest BCUT2D eigenvalue weighted by Gasteiger charge is -2.39. The van der Waals surface area contributed by atoms with Crippen molar-refractivity contribution in [1.29, 1.82) is 5.26 Å². The standard InChI is InChI=1S/C22H20F4N4O2S/c1-21(2,12-31)30(15-7-8-16(18(23)10-15)19(32)28-3)20(33)29(4)14-6-5-13(11-27)17(9-14)22(24,25)26/h5-10,12H,1-4H3,(H,28,32). The van der Waals surface area contributed by atoms with Crippen LogP contribution < -0.4 is 15.1 Å². The molecule has 0 radical (unpaired) electrons. The molecule has 2 rings (SSSR count). The molecule has 2 aromatic rings. The fraction of sp³-hybridized carbons (Fsp3) is 0.273. The molecule has 6 nitrogen and oxygen atoms in total. The van der Waals surface area contributed by atoms with Crippen LogP contribution in [-0.2, 0) is 11.0 Å². The minimum Gasteiger partial charge on any atom is -0.355 e. The average molecular weight is 480 g/mol. The van der Waals surface area contributed by atoms with Gasteiger partial charge < -0.3 is 19.9 Å². The lowest BCUT2D eigenvalue weighted by Crippen LogP contribution is -2.54. The van der Waals surface area contributed by atoms with Crippen molar-refractivity contribution in [3.63, 3.8) is 0 Å². The number of rotatable bonds is 5. The summed E-state index contributed by atoms with van der Waals surface area (Å²) in [7, 11) is 2.72. The summed E-state index contributed by atoms with van der Waals surface area (Å²) in [6.45, 7) is 2.98. The number of aldehydes is 1. The zero-order valence-electron chi connectivity index (χ0n) is 18.1. The number of amides is 1. The summed E-state index contributed by atoms with van der Waals surface area (Å²) in [6.07, 6.45) is -4.22. The van der Waals surface area contributed by atoms with Crippen LogP contribution in [0.4, 0.5) is 28.9 Å². The monoisotopic (exact) mass is 480 g/mol. The lowest BCUT2D eigenvalue weighted by atomic mass is 10.0. The Kier molecular flexibility index (Phi) is 7.44. The molecule has 0 aliphatic heterocycles. The van der Waals surface area contributed by atoms with Crippen molar-refractivity contribution in [2.45, 2.75) is 25.6 Å². The van der Waals surface area contributed by atoms with Crippen LogP contribution in [0, 0.1) is 17.1 Å². The number of hydrogen-bond donors (Lipinski definition) is 1. The molecule has 0 saturated heterocycles. The molecule has 11 heteroatoms. The second kappa shape index (κ2) is 9.54. The van der Waals surface area contributed by atoms with Crippen molar-refractivity contribution in [1.82, 2.24) is 5.32 Å². The number of carbonyl (C=O) groups is 2. The van der Waals surface area contributed by atoms with Crippen LogP contribution >= 0.6 is 12.2 Å². The van der Waals surface area contributed by atoms with E-state index in [2.05, 4.69) is 5.32 Å². The van der Waals surface area contributed by atoms with E-state index in [4.69, 9.17) is 17.5 Å². The van der Waals surface area contributed by atoms with E-state index in [1.54, 1.807) is 0 Å². The molecule has 0 heterocycles. The van der Waals surface area contributed by atoms with Crippen LogP contribution in [0.5, 0.6) is 0 Å². The molecule has 0 aliphatic carbocycles. The SMILES string of the molecule is CNC(=O)c1ccc(N(C(=S)N(C)c2ccc(C#N)c(C(F)(F)F)c2)C(C)(C)C=O)cc1F. The normalized spacial score (nSPS) is 11.4. The number of benzene rings is 2. The minimum atomic E-state index is -4.77. The third kappa shape index (κ3) is 5.28. The molecular formula is C22H20F4N4O2S. The molecule has 0 spiro atoms. The fourth-order valence-electron chi connectivity index (χ4n) is 3.04. The third-order valence-electron chi connectivity index (χ3n) is 4.84. The highest BCUT2D eigenvalue weighted by molar-refractivity contribution is 7.80. The molecule has 0 fully saturated rings. The molecule has 1 amide bonds. The smallest absolute Gasteiger partial charge is 0.355 e. The molecule has 0 bridgehead atoms. The number of carbonyl (C=O) groups excluding carboxylic acids is 2. The Labute approximate surface area is 193 Å². The Bertz CT molecular complexity index is 1140. The Morgan fingerprint density at radius 3 is 2.24 bits per heavy atom. The molecule has 174 valence electrons. The number of thiocarbonyl (C=S) groups is 1. The average Bonchev–Trinajstić information content (AvgIpc) is 2.77. The Morgan fingerprint density at radius 2 is 1.76 bits per heavy atom. The first-order valence-corrected chi connectivity index (χ1v) is 9.86. The van der Waals surface area contributed by atoms with E-state index in [1.165, 1.54) is 62.0 Å². The predicted molar refractivity (Wildman–Crippen MR) is 120 cm³/mol. The number of alkyl halides is 3. The second-order valence-electron chi connectivity index (χ2n) is 7.53. The summed E-state index contributed by atoms with van der Waals surface area (Å²) in [6, 6.07) is 8.17. The third-order valence-corrected chi connectivity index (χ3v) is 5.30. The van der Waals surface area contributed by atoms with Crippen LogP contribution in [0.15, 0.2) is 36.4 Å².